The molecule has 7 nitrogen and oxygen atoms in total. The van der Waals surface area contributed by atoms with Gasteiger partial charge in [0.15, 0.2) is 5.76 Å². The molecule has 184 valence electrons. The molecule has 1 N–H and O–H groups in total. The van der Waals surface area contributed by atoms with Crippen molar-refractivity contribution >= 4 is 11.8 Å². The summed E-state index contributed by atoms with van der Waals surface area (Å²) in [6.07, 6.45) is 6.74. The number of furan rings is 1. The lowest BCUT2D eigenvalue weighted by atomic mass is 9.94. The quantitative estimate of drug-likeness (QED) is 0.463. The summed E-state index contributed by atoms with van der Waals surface area (Å²) in [6.45, 7) is 0.221. The lowest BCUT2D eigenvalue weighted by molar-refractivity contribution is -0.127. The summed E-state index contributed by atoms with van der Waals surface area (Å²) < 4.78 is 16.0. The van der Waals surface area contributed by atoms with Gasteiger partial charge in [-0.3, -0.25) is 9.59 Å². The largest absolute Gasteiger partial charge is 0.497 e. The fourth-order valence-corrected chi connectivity index (χ4v) is 4.54. The van der Waals surface area contributed by atoms with E-state index in [1.54, 1.807) is 43.4 Å². The number of amides is 2. The van der Waals surface area contributed by atoms with Crippen LogP contribution in [0.1, 0.15) is 59.8 Å². The van der Waals surface area contributed by atoms with Gasteiger partial charge in [-0.25, -0.2) is 0 Å². The molecule has 4 rings (SSSR count). The highest BCUT2D eigenvalue weighted by molar-refractivity contribution is 5.96. The first kappa shape index (κ1) is 24.4. The van der Waals surface area contributed by atoms with Crippen molar-refractivity contribution < 1.29 is 23.5 Å². The molecule has 2 amide bonds. The molecule has 1 unspecified atom stereocenters. The standard InChI is InChI=1S/C28H32N2O5/c1-33-23-14-10-20(11-15-23)19-30(28(32)25-9-6-18-35-25)26(21-12-16-24(34-2)17-13-21)27(31)29-22-7-4-3-5-8-22/h6,9-18,22,26H,3-5,7-8,19H2,1-2H3,(H,29,31). The summed E-state index contributed by atoms with van der Waals surface area (Å²) in [7, 11) is 3.20. The van der Waals surface area contributed by atoms with E-state index in [0.29, 0.717) is 11.3 Å². The predicted molar refractivity (Wildman–Crippen MR) is 132 cm³/mol. The number of hydrogen-bond donors (Lipinski definition) is 1. The van der Waals surface area contributed by atoms with E-state index in [2.05, 4.69) is 5.32 Å². The molecule has 0 aliphatic heterocycles. The van der Waals surface area contributed by atoms with Gasteiger partial charge in [0.25, 0.3) is 5.91 Å². The van der Waals surface area contributed by atoms with Crippen LogP contribution < -0.4 is 14.8 Å². The van der Waals surface area contributed by atoms with Crippen molar-refractivity contribution in [3.05, 3.63) is 83.8 Å². The Kier molecular flexibility index (Phi) is 8.08. The first-order valence-corrected chi connectivity index (χ1v) is 12.0. The maximum Gasteiger partial charge on any atom is 0.290 e. The molecule has 1 atom stereocenters. The van der Waals surface area contributed by atoms with Gasteiger partial charge >= 0.3 is 0 Å². The average Bonchev–Trinajstić information content (AvgIpc) is 3.44. The van der Waals surface area contributed by atoms with Crippen LogP contribution in [0.5, 0.6) is 11.5 Å². The highest BCUT2D eigenvalue weighted by Gasteiger charge is 2.34. The molecule has 1 fully saturated rings. The van der Waals surface area contributed by atoms with Crippen LogP contribution in [-0.4, -0.2) is 37.0 Å². The van der Waals surface area contributed by atoms with Crippen LogP contribution in [0.15, 0.2) is 71.3 Å². The summed E-state index contributed by atoms with van der Waals surface area (Å²) in [5.74, 6) is 1.03. The van der Waals surface area contributed by atoms with E-state index in [-0.39, 0.29) is 30.2 Å². The molecule has 2 aromatic carbocycles. The average molecular weight is 477 g/mol. The van der Waals surface area contributed by atoms with E-state index >= 15 is 0 Å². The number of nitrogens with zero attached hydrogens (tertiary/aromatic N) is 1. The smallest absolute Gasteiger partial charge is 0.290 e. The summed E-state index contributed by atoms with van der Waals surface area (Å²) in [4.78, 5) is 29.0. The topological polar surface area (TPSA) is 81.0 Å². The highest BCUT2D eigenvalue weighted by Crippen LogP contribution is 2.29. The van der Waals surface area contributed by atoms with Crippen molar-refractivity contribution in [3.63, 3.8) is 0 Å². The molecule has 3 aromatic rings. The van der Waals surface area contributed by atoms with Crippen LogP contribution in [0, 0.1) is 0 Å². The second-order valence-corrected chi connectivity index (χ2v) is 8.78. The van der Waals surface area contributed by atoms with Crippen LogP contribution in [-0.2, 0) is 11.3 Å². The lowest BCUT2D eigenvalue weighted by Gasteiger charge is -2.33. The molecular formula is C28H32N2O5. The number of benzene rings is 2. The van der Waals surface area contributed by atoms with Gasteiger partial charge in [0.2, 0.25) is 5.91 Å². The molecule has 1 aromatic heterocycles. The van der Waals surface area contributed by atoms with E-state index in [4.69, 9.17) is 13.9 Å². The van der Waals surface area contributed by atoms with Crippen molar-refractivity contribution in [1.29, 1.82) is 0 Å². The number of ether oxygens (including phenoxy) is 2. The van der Waals surface area contributed by atoms with Crippen LogP contribution in [0.3, 0.4) is 0 Å². The number of nitrogens with one attached hydrogen (secondary N) is 1. The Labute approximate surface area is 206 Å². The third kappa shape index (κ3) is 6.04. The first-order chi connectivity index (χ1) is 17.1. The molecule has 35 heavy (non-hydrogen) atoms. The van der Waals surface area contributed by atoms with Crippen molar-refractivity contribution in [2.75, 3.05) is 14.2 Å². The van der Waals surface area contributed by atoms with E-state index in [1.807, 2.05) is 36.4 Å². The van der Waals surface area contributed by atoms with Crippen LogP contribution >= 0.6 is 0 Å². The Bertz CT molecular complexity index is 1090. The van der Waals surface area contributed by atoms with E-state index < -0.39 is 6.04 Å². The summed E-state index contributed by atoms with van der Waals surface area (Å²) >= 11 is 0. The zero-order valence-corrected chi connectivity index (χ0v) is 20.2. The summed E-state index contributed by atoms with van der Waals surface area (Å²) in [5.41, 5.74) is 1.57. The molecule has 0 saturated heterocycles. The zero-order chi connectivity index (χ0) is 24.6. The molecule has 1 aliphatic rings. The maximum atomic E-state index is 13.8. The van der Waals surface area contributed by atoms with Gasteiger partial charge in [-0.05, 0) is 60.4 Å². The monoisotopic (exact) mass is 476 g/mol. The normalized spacial score (nSPS) is 14.7. The predicted octanol–water partition coefficient (Wildman–Crippen LogP) is 5.13. The minimum Gasteiger partial charge on any atom is -0.497 e. The van der Waals surface area contributed by atoms with Crippen LogP contribution in [0.25, 0.3) is 0 Å². The summed E-state index contributed by atoms with van der Waals surface area (Å²) in [5, 5.41) is 3.22. The van der Waals surface area contributed by atoms with E-state index in [9.17, 15) is 9.59 Å². The molecule has 1 aliphatic carbocycles. The minimum atomic E-state index is -0.845. The van der Waals surface area contributed by atoms with Crippen molar-refractivity contribution in [1.82, 2.24) is 10.2 Å². The Balaban J connectivity index is 1.71. The molecule has 1 saturated carbocycles. The third-order valence-electron chi connectivity index (χ3n) is 6.45. The molecule has 0 spiro atoms. The first-order valence-electron chi connectivity index (χ1n) is 12.0. The van der Waals surface area contributed by atoms with Crippen molar-refractivity contribution in [2.24, 2.45) is 0 Å². The van der Waals surface area contributed by atoms with Gasteiger partial charge in [-0.1, -0.05) is 43.5 Å². The number of methoxy groups -OCH3 is 2. The maximum absolute atomic E-state index is 13.8. The Morgan fingerprint density at radius 3 is 2.14 bits per heavy atom. The second-order valence-electron chi connectivity index (χ2n) is 8.78. The van der Waals surface area contributed by atoms with Gasteiger partial charge in [0.1, 0.15) is 17.5 Å². The zero-order valence-electron chi connectivity index (χ0n) is 20.2. The Morgan fingerprint density at radius 1 is 0.943 bits per heavy atom. The third-order valence-corrected chi connectivity index (χ3v) is 6.45. The molecule has 0 bridgehead atoms. The lowest BCUT2D eigenvalue weighted by Crippen LogP contribution is -2.46. The fraction of sp³-hybridized carbons (Fsp3) is 0.357. The Morgan fingerprint density at radius 2 is 1.57 bits per heavy atom. The van der Waals surface area contributed by atoms with Gasteiger partial charge in [-0.2, -0.15) is 0 Å². The van der Waals surface area contributed by atoms with Crippen molar-refractivity contribution in [3.8, 4) is 11.5 Å². The summed E-state index contributed by atoms with van der Waals surface area (Å²) in [6, 6.07) is 17.3. The molecule has 1 heterocycles. The van der Waals surface area contributed by atoms with E-state index in [0.717, 1.165) is 37.0 Å². The second kappa shape index (κ2) is 11.6. The van der Waals surface area contributed by atoms with Gasteiger partial charge in [-0.15, -0.1) is 0 Å². The number of rotatable bonds is 9. The van der Waals surface area contributed by atoms with Crippen molar-refractivity contribution in [2.45, 2.75) is 50.7 Å². The molecule has 7 heteroatoms. The number of carbonyl (C=O) groups excluding carboxylic acids is 2. The van der Waals surface area contributed by atoms with Gasteiger partial charge in [0, 0.05) is 12.6 Å². The van der Waals surface area contributed by atoms with Gasteiger partial charge in [0.05, 0.1) is 20.5 Å². The SMILES string of the molecule is COc1ccc(CN(C(=O)c2ccco2)C(C(=O)NC2CCCCC2)c2ccc(OC)cc2)cc1. The van der Waals surface area contributed by atoms with Crippen LogP contribution in [0.4, 0.5) is 0 Å². The minimum absolute atomic E-state index is 0.110. The fourth-order valence-electron chi connectivity index (χ4n) is 4.54. The van der Waals surface area contributed by atoms with Gasteiger partial charge < -0.3 is 24.1 Å². The highest BCUT2D eigenvalue weighted by atomic mass is 16.5. The number of hydrogen-bond acceptors (Lipinski definition) is 5. The van der Waals surface area contributed by atoms with E-state index in [1.165, 1.54) is 12.7 Å². The van der Waals surface area contributed by atoms with Crippen LogP contribution in [0.2, 0.25) is 0 Å². The molecule has 0 radical (unpaired) electrons. The Hall–Kier alpha value is -3.74. The molecular weight excluding hydrogens is 444 g/mol. The number of carbonyl (C=O) groups is 2.